The molecule has 0 saturated carbocycles. The molecule has 0 saturated heterocycles. The van der Waals surface area contributed by atoms with Crippen LogP contribution >= 0.6 is 0 Å². The molecule has 0 aromatic rings. The van der Waals surface area contributed by atoms with Gasteiger partial charge < -0.3 is 0 Å². The van der Waals surface area contributed by atoms with Crippen LogP contribution < -0.4 is 0 Å². The highest BCUT2D eigenvalue weighted by atomic mass is 16.2. The Kier molecular flexibility index (Phi) is 4.53. The van der Waals surface area contributed by atoms with Gasteiger partial charge >= 0.3 is 0 Å². The van der Waals surface area contributed by atoms with Crippen LogP contribution in [0.4, 0.5) is 0 Å². The van der Waals surface area contributed by atoms with Gasteiger partial charge in [-0.1, -0.05) is 33.1 Å². The van der Waals surface area contributed by atoms with Crippen molar-refractivity contribution < 1.29 is 9.59 Å². The van der Waals surface area contributed by atoms with Gasteiger partial charge in [-0.15, -0.1) is 0 Å². The van der Waals surface area contributed by atoms with Gasteiger partial charge in [-0.2, -0.15) is 0 Å². The summed E-state index contributed by atoms with van der Waals surface area (Å²) in [7, 11) is 0. The summed E-state index contributed by atoms with van der Waals surface area (Å²) in [6.45, 7) is 4.85. The number of imide groups is 1. The van der Waals surface area contributed by atoms with Crippen LogP contribution in [0.1, 0.15) is 39.5 Å². The first-order chi connectivity index (χ1) is 7.19. The van der Waals surface area contributed by atoms with E-state index in [1.807, 2.05) is 0 Å². The van der Waals surface area contributed by atoms with Crippen molar-refractivity contribution in [2.24, 2.45) is 5.92 Å². The summed E-state index contributed by atoms with van der Waals surface area (Å²) in [6.07, 6.45) is 7.17. The van der Waals surface area contributed by atoms with E-state index in [2.05, 4.69) is 13.8 Å². The standard InChI is InChI=1S/C12H19NO2/c1-3-5-6-10(4-2)9-13-11(14)7-8-12(13)15/h7-8,10H,3-6,9H2,1-2H3. The summed E-state index contributed by atoms with van der Waals surface area (Å²) >= 11 is 0. The maximum Gasteiger partial charge on any atom is 0.253 e. The molecule has 0 spiro atoms. The number of amides is 2. The minimum absolute atomic E-state index is 0.157. The van der Waals surface area contributed by atoms with Crippen molar-refractivity contribution in [3.63, 3.8) is 0 Å². The van der Waals surface area contributed by atoms with Crippen molar-refractivity contribution in [2.75, 3.05) is 6.54 Å². The highest BCUT2D eigenvalue weighted by Gasteiger charge is 2.25. The molecular weight excluding hydrogens is 190 g/mol. The van der Waals surface area contributed by atoms with E-state index in [4.69, 9.17) is 0 Å². The lowest BCUT2D eigenvalue weighted by Crippen LogP contribution is -2.34. The minimum atomic E-state index is -0.157. The molecule has 3 nitrogen and oxygen atoms in total. The van der Waals surface area contributed by atoms with E-state index < -0.39 is 0 Å². The molecule has 1 atom stereocenters. The monoisotopic (exact) mass is 209 g/mol. The van der Waals surface area contributed by atoms with Gasteiger partial charge in [-0.3, -0.25) is 14.5 Å². The number of hydrogen-bond acceptors (Lipinski definition) is 2. The third-order valence-corrected chi connectivity index (χ3v) is 2.88. The number of carbonyl (C=O) groups excluding carboxylic acids is 2. The molecule has 84 valence electrons. The fraction of sp³-hybridized carbons (Fsp3) is 0.667. The number of unbranched alkanes of at least 4 members (excludes halogenated alkanes) is 1. The van der Waals surface area contributed by atoms with E-state index in [0.717, 1.165) is 19.3 Å². The van der Waals surface area contributed by atoms with E-state index >= 15 is 0 Å². The van der Waals surface area contributed by atoms with Crippen molar-refractivity contribution in [3.8, 4) is 0 Å². The van der Waals surface area contributed by atoms with E-state index in [1.165, 1.54) is 23.5 Å². The zero-order chi connectivity index (χ0) is 11.3. The van der Waals surface area contributed by atoms with Crippen LogP contribution in [0.15, 0.2) is 12.2 Å². The molecule has 0 bridgehead atoms. The van der Waals surface area contributed by atoms with Crippen LogP contribution in [-0.2, 0) is 9.59 Å². The largest absolute Gasteiger partial charge is 0.275 e. The smallest absolute Gasteiger partial charge is 0.253 e. The van der Waals surface area contributed by atoms with Crippen molar-refractivity contribution in [3.05, 3.63) is 12.2 Å². The Morgan fingerprint density at radius 3 is 2.27 bits per heavy atom. The third kappa shape index (κ3) is 3.18. The minimum Gasteiger partial charge on any atom is -0.275 e. The molecular formula is C12H19NO2. The summed E-state index contributed by atoms with van der Waals surface area (Å²) in [5.74, 6) is 0.141. The molecule has 1 aliphatic rings. The number of hydrogen-bond donors (Lipinski definition) is 0. The number of carbonyl (C=O) groups is 2. The van der Waals surface area contributed by atoms with Gasteiger partial charge in [0.25, 0.3) is 11.8 Å². The molecule has 1 heterocycles. The van der Waals surface area contributed by atoms with Crippen molar-refractivity contribution in [1.82, 2.24) is 4.90 Å². The number of rotatable bonds is 6. The van der Waals surface area contributed by atoms with E-state index in [1.54, 1.807) is 0 Å². The Hall–Kier alpha value is -1.12. The number of nitrogens with zero attached hydrogens (tertiary/aromatic N) is 1. The Morgan fingerprint density at radius 1 is 1.20 bits per heavy atom. The fourth-order valence-corrected chi connectivity index (χ4v) is 1.79. The molecule has 1 unspecified atom stereocenters. The third-order valence-electron chi connectivity index (χ3n) is 2.88. The molecule has 0 radical (unpaired) electrons. The summed E-state index contributed by atoms with van der Waals surface area (Å²) in [4.78, 5) is 24.0. The maximum atomic E-state index is 11.3. The molecule has 15 heavy (non-hydrogen) atoms. The van der Waals surface area contributed by atoms with Crippen LogP contribution in [0.2, 0.25) is 0 Å². The molecule has 0 N–H and O–H groups in total. The zero-order valence-electron chi connectivity index (χ0n) is 9.53. The predicted molar refractivity (Wildman–Crippen MR) is 59.2 cm³/mol. The first-order valence-corrected chi connectivity index (χ1v) is 5.72. The summed E-state index contributed by atoms with van der Waals surface area (Å²) in [5, 5.41) is 0. The van der Waals surface area contributed by atoms with Gasteiger partial charge in [0.2, 0.25) is 0 Å². The fourth-order valence-electron chi connectivity index (χ4n) is 1.79. The molecule has 1 rings (SSSR count). The van der Waals surface area contributed by atoms with Crippen LogP contribution in [0.3, 0.4) is 0 Å². The highest BCUT2D eigenvalue weighted by Crippen LogP contribution is 2.16. The Balaban J connectivity index is 2.44. The average Bonchev–Trinajstić information content (AvgIpc) is 2.55. The lowest BCUT2D eigenvalue weighted by atomic mass is 9.99. The molecule has 2 amide bonds. The van der Waals surface area contributed by atoms with Gasteiger partial charge in [0.05, 0.1) is 0 Å². The van der Waals surface area contributed by atoms with Crippen LogP contribution in [0.25, 0.3) is 0 Å². The van der Waals surface area contributed by atoms with Crippen molar-refractivity contribution >= 4 is 11.8 Å². The quantitative estimate of drug-likeness (QED) is 0.628. The second-order valence-electron chi connectivity index (χ2n) is 4.04. The van der Waals surface area contributed by atoms with Gasteiger partial charge in [-0.25, -0.2) is 0 Å². The lowest BCUT2D eigenvalue weighted by Gasteiger charge is -2.21. The first kappa shape index (κ1) is 12.0. The van der Waals surface area contributed by atoms with Crippen LogP contribution in [0.5, 0.6) is 0 Å². The van der Waals surface area contributed by atoms with Crippen molar-refractivity contribution in [2.45, 2.75) is 39.5 Å². The molecule has 3 heteroatoms. The van der Waals surface area contributed by atoms with Crippen molar-refractivity contribution in [1.29, 1.82) is 0 Å². The summed E-state index contributed by atoms with van der Waals surface area (Å²) in [5.41, 5.74) is 0. The van der Waals surface area contributed by atoms with Gasteiger partial charge in [0, 0.05) is 18.7 Å². The first-order valence-electron chi connectivity index (χ1n) is 5.72. The summed E-state index contributed by atoms with van der Waals surface area (Å²) in [6, 6.07) is 0. The van der Waals surface area contributed by atoms with Gasteiger partial charge in [0.1, 0.15) is 0 Å². The average molecular weight is 209 g/mol. The van der Waals surface area contributed by atoms with Crippen LogP contribution in [-0.4, -0.2) is 23.3 Å². The lowest BCUT2D eigenvalue weighted by molar-refractivity contribution is -0.137. The van der Waals surface area contributed by atoms with Crippen LogP contribution in [0, 0.1) is 5.92 Å². The van der Waals surface area contributed by atoms with E-state index in [9.17, 15) is 9.59 Å². The highest BCUT2D eigenvalue weighted by molar-refractivity contribution is 6.12. The predicted octanol–water partition coefficient (Wildman–Crippen LogP) is 2.13. The second-order valence-corrected chi connectivity index (χ2v) is 4.04. The maximum absolute atomic E-state index is 11.3. The Morgan fingerprint density at radius 2 is 1.80 bits per heavy atom. The van der Waals surface area contributed by atoms with E-state index in [0.29, 0.717) is 12.5 Å². The molecule has 0 aromatic carbocycles. The molecule has 0 aromatic heterocycles. The normalized spacial score (nSPS) is 17.6. The Labute approximate surface area is 91.1 Å². The molecule has 1 aliphatic heterocycles. The summed E-state index contributed by atoms with van der Waals surface area (Å²) < 4.78 is 0. The topological polar surface area (TPSA) is 37.4 Å². The SMILES string of the molecule is CCCCC(CC)CN1C(=O)C=CC1=O. The Bertz CT molecular complexity index is 253. The second kappa shape index (κ2) is 5.69. The molecule has 0 fully saturated rings. The molecule has 0 aliphatic carbocycles. The van der Waals surface area contributed by atoms with Gasteiger partial charge in [-0.05, 0) is 12.3 Å². The van der Waals surface area contributed by atoms with E-state index in [-0.39, 0.29) is 11.8 Å². The zero-order valence-corrected chi connectivity index (χ0v) is 9.53. The van der Waals surface area contributed by atoms with Gasteiger partial charge in [0.15, 0.2) is 0 Å².